The van der Waals surface area contributed by atoms with Gasteiger partial charge in [0, 0.05) is 5.56 Å². The highest BCUT2D eigenvalue weighted by Gasteiger charge is 2.08. The summed E-state index contributed by atoms with van der Waals surface area (Å²) in [6.45, 7) is 3.29. The molecule has 0 atom stereocenters. The van der Waals surface area contributed by atoms with E-state index in [4.69, 9.17) is 21.4 Å². The molecular weight excluding hydrogens is 254 g/mol. The van der Waals surface area contributed by atoms with Crippen molar-refractivity contribution in [3.63, 3.8) is 0 Å². The number of rotatable bonds is 2. The molecule has 5 heteroatoms. The molecule has 0 radical (unpaired) electrons. The van der Waals surface area contributed by atoms with Crippen molar-refractivity contribution in [1.29, 1.82) is 0 Å². The lowest BCUT2D eigenvalue weighted by molar-refractivity contribution is 0.130. The maximum absolute atomic E-state index is 11.4. The fourth-order valence-corrected chi connectivity index (χ4v) is 1.36. The standard InChI is InChI=1S/C13H14ClNO3/c1-9(2)18-13(17)15-12-8-10(4-3-7-16)5-6-11(12)14/h5-6,8-9,16H,7H2,1-2H3,(H,15,17). The summed E-state index contributed by atoms with van der Waals surface area (Å²) in [7, 11) is 0. The van der Waals surface area contributed by atoms with E-state index < -0.39 is 6.09 Å². The van der Waals surface area contributed by atoms with Crippen molar-refractivity contribution < 1.29 is 14.6 Å². The third-order valence-corrected chi connectivity index (χ3v) is 2.19. The maximum atomic E-state index is 11.4. The van der Waals surface area contributed by atoms with Crippen LogP contribution in [-0.2, 0) is 4.74 Å². The van der Waals surface area contributed by atoms with Crippen molar-refractivity contribution in [2.24, 2.45) is 0 Å². The van der Waals surface area contributed by atoms with Crippen LogP contribution in [0.25, 0.3) is 0 Å². The number of ether oxygens (including phenoxy) is 1. The van der Waals surface area contributed by atoms with Crippen LogP contribution in [0.2, 0.25) is 5.02 Å². The second-order valence-electron chi connectivity index (χ2n) is 3.73. The predicted molar refractivity (Wildman–Crippen MR) is 70.7 cm³/mol. The Morgan fingerprint density at radius 1 is 1.56 bits per heavy atom. The van der Waals surface area contributed by atoms with Gasteiger partial charge in [-0.2, -0.15) is 0 Å². The molecule has 0 heterocycles. The Kier molecular flexibility index (Phi) is 5.50. The van der Waals surface area contributed by atoms with Gasteiger partial charge in [0.1, 0.15) is 6.61 Å². The Morgan fingerprint density at radius 2 is 2.28 bits per heavy atom. The summed E-state index contributed by atoms with van der Waals surface area (Å²) in [4.78, 5) is 11.4. The summed E-state index contributed by atoms with van der Waals surface area (Å²) in [5.74, 6) is 5.24. The lowest BCUT2D eigenvalue weighted by Crippen LogP contribution is -2.18. The molecule has 0 aliphatic heterocycles. The van der Waals surface area contributed by atoms with Gasteiger partial charge in [0.05, 0.1) is 16.8 Å². The Morgan fingerprint density at radius 3 is 2.89 bits per heavy atom. The topological polar surface area (TPSA) is 58.6 Å². The minimum atomic E-state index is -0.570. The van der Waals surface area contributed by atoms with Gasteiger partial charge in [0.25, 0.3) is 0 Å². The molecule has 1 aromatic carbocycles. The van der Waals surface area contributed by atoms with Crippen molar-refractivity contribution in [2.45, 2.75) is 20.0 Å². The molecule has 1 amide bonds. The number of anilines is 1. The van der Waals surface area contributed by atoms with E-state index in [9.17, 15) is 4.79 Å². The van der Waals surface area contributed by atoms with Gasteiger partial charge >= 0.3 is 6.09 Å². The molecule has 2 N–H and O–H groups in total. The summed E-state index contributed by atoms with van der Waals surface area (Å²) in [6, 6.07) is 4.93. The van der Waals surface area contributed by atoms with Gasteiger partial charge in [-0.25, -0.2) is 4.79 Å². The summed E-state index contributed by atoms with van der Waals surface area (Å²) in [5, 5.41) is 11.5. The monoisotopic (exact) mass is 267 g/mol. The first-order valence-electron chi connectivity index (χ1n) is 5.40. The van der Waals surface area contributed by atoms with Crippen molar-refractivity contribution in [3.05, 3.63) is 28.8 Å². The third kappa shape index (κ3) is 4.66. The SMILES string of the molecule is CC(C)OC(=O)Nc1cc(C#CCO)ccc1Cl. The maximum Gasteiger partial charge on any atom is 0.411 e. The summed E-state index contributed by atoms with van der Waals surface area (Å²) < 4.78 is 4.95. The highest BCUT2D eigenvalue weighted by atomic mass is 35.5. The van der Waals surface area contributed by atoms with Crippen LogP contribution in [0, 0.1) is 11.8 Å². The second kappa shape index (κ2) is 6.90. The average molecular weight is 268 g/mol. The van der Waals surface area contributed by atoms with Crippen molar-refractivity contribution in [1.82, 2.24) is 0 Å². The van der Waals surface area contributed by atoms with Gasteiger partial charge in [-0.1, -0.05) is 23.4 Å². The smallest absolute Gasteiger partial charge is 0.411 e. The molecular formula is C13H14ClNO3. The van der Waals surface area contributed by atoms with E-state index in [2.05, 4.69) is 17.2 Å². The number of halogens is 1. The zero-order valence-corrected chi connectivity index (χ0v) is 10.9. The Labute approximate surface area is 111 Å². The summed E-state index contributed by atoms with van der Waals surface area (Å²) >= 11 is 5.94. The molecule has 1 aromatic rings. The fourth-order valence-electron chi connectivity index (χ4n) is 1.19. The van der Waals surface area contributed by atoms with E-state index >= 15 is 0 Å². The van der Waals surface area contributed by atoms with Gasteiger partial charge in [0.15, 0.2) is 0 Å². The number of benzene rings is 1. The van der Waals surface area contributed by atoms with Crippen LogP contribution in [0.4, 0.5) is 10.5 Å². The molecule has 4 nitrogen and oxygen atoms in total. The van der Waals surface area contributed by atoms with Crippen LogP contribution in [0.15, 0.2) is 18.2 Å². The Bertz CT molecular complexity index is 489. The van der Waals surface area contributed by atoms with Crippen LogP contribution in [-0.4, -0.2) is 23.9 Å². The molecule has 1 rings (SSSR count). The van der Waals surface area contributed by atoms with E-state index in [1.165, 1.54) is 0 Å². The zero-order valence-electron chi connectivity index (χ0n) is 10.2. The number of hydrogen-bond acceptors (Lipinski definition) is 3. The third-order valence-electron chi connectivity index (χ3n) is 1.86. The number of nitrogens with one attached hydrogen (secondary N) is 1. The average Bonchev–Trinajstić information content (AvgIpc) is 2.29. The zero-order chi connectivity index (χ0) is 13.5. The summed E-state index contributed by atoms with van der Waals surface area (Å²) in [6.07, 6.45) is -0.777. The number of aliphatic hydroxyl groups excluding tert-OH is 1. The number of hydrogen-bond donors (Lipinski definition) is 2. The quantitative estimate of drug-likeness (QED) is 0.810. The van der Waals surface area contributed by atoms with E-state index in [1.807, 2.05) is 0 Å². The van der Waals surface area contributed by atoms with Crippen LogP contribution in [0.1, 0.15) is 19.4 Å². The predicted octanol–water partition coefficient (Wildman–Crippen LogP) is 2.64. The first kappa shape index (κ1) is 14.4. The van der Waals surface area contributed by atoms with Gasteiger partial charge in [0.2, 0.25) is 0 Å². The molecule has 0 fully saturated rings. The lowest BCUT2D eigenvalue weighted by Gasteiger charge is -2.10. The molecule has 0 aliphatic carbocycles. The van der Waals surface area contributed by atoms with Crippen LogP contribution >= 0.6 is 11.6 Å². The molecule has 0 aliphatic rings. The van der Waals surface area contributed by atoms with E-state index in [-0.39, 0.29) is 12.7 Å². The molecule has 0 spiro atoms. The van der Waals surface area contributed by atoms with Crippen molar-refractivity contribution in [3.8, 4) is 11.8 Å². The normalized spacial score (nSPS) is 9.61. The second-order valence-corrected chi connectivity index (χ2v) is 4.14. The molecule has 0 aromatic heterocycles. The fraction of sp³-hybridized carbons (Fsp3) is 0.308. The number of carbonyl (C=O) groups excluding carboxylic acids is 1. The van der Waals surface area contributed by atoms with Crippen LogP contribution in [0.5, 0.6) is 0 Å². The number of carbonyl (C=O) groups is 1. The van der Waals surface area contributed by atoms with Gasteiger partial charge in [-0.15, -0.1) is 0 Å². The largest absolute Gasteiger partial charge is 0.447 e. The molecule has 0 bridgehead atoms. The minimum absolute atomic E-state index is 0.207. The highest BCUT2D eigenvalue weighted by Crippen LogP contribution is 2.23. The molecule has 96 valence electrons. The first-order chi connectivity index (χ1) is 8.52. The van der Waals surface area contributed by atoms with Crippen molar-refractivity contribution >= 4 is 23.4 Å². The van der Waals surface area contributed by atoms with E-state index in [0.717, 1.165) is 0 Å². The summed E-state index contributed by atoms with van der Waals surface area (Å²) in [5.41, 5.74) is 1.07. The molecule has 18 heavy (non-hydrogen) atoms. The lowest BCUT2D eigenvalue weighted by atomic mass is 10.2. The Hall–Kier alpha value is -1.70. The van der Waals surface area contributed by atoms with E-state index in [1.54, 1.807) is 32.0 Å². The number of amides is 1. The van der Waals surface area contributed by atoms with Crippen molar-refractivity contribution in [2.75, 3.05) is 11.9 Å². The van der Waals surface area contributed by atoms with Crippen LogP contribution < -0.4 is 5.32 Å². The Balaban J connectivity index is 2.84. The number of aliphatic hydroxyl groups is 1. The first-order valence-corrected chi connectivity index (χ1v) is 5.77. The van der Waals surface area contributed by atoms with Gasteiger partial charge in [-0.05, 0) is 32.0 Å². The van der Waals surface area contributed by atoms with Gasteiger partial charge < -0.3 is 9.84 Å². The highest BCUT2D eigenvalue weighted by molar-refractivity contribution is 6.33. The van der Waals surface area contributed by atoms with Gasteiger partial charge in [-0.3, -0.25) is 5.32 Å². The molecule has 0 unspecified atom stereocenters. The molecule has 0 saturated carbocycles. The molecule has 0 saturated heterocycles. The van der Waals surface area contributed by atoms with E-state index in [0.29, 0.717) is 16.3 Å². The minimum Gasteiger partial charge on any atom is -0.447 e. The van der Waals surface area contributed by atoms with Crippen LogP contribution in [0.3, 0.4) is 0 Å².